The minimum Gasteiger partial charge on any atom is -0.309 e. The van der Waals surface area contributed by atoms with Gasteiger partial charge >= 0.3 is 0 Å². The van der Waals surface area contributed by atoms with E-state index in [9.17, 15) is 0 Å². The van der Waals surface area contributed by atoms with Crippen molar-refractivity contribution in [3.05, 3.63) is 194 Å². The smallest absolute Gasteiger partial charge is 0.0546 e. The summed E-state index contributed by atoms with van der Waals surface area (Å²) in [7, 11) is 0. The third kappa shape index (κ3) is 4.25. The van der Waals surface area contributed by atoms with Gasteiger partial charge in [0, 0.05) is 32.9 Å². The summed E-state index contributed by atoms with van der Waals surface area (Å²) in [6, 6.07) is 71.1. The molecule has 52 heavy (non-hydrogen) atoms. The first-order valence-electron chi connectivity index (χ1n) is 17.9. The van der Waals surface area contributed by atoms with Crippen molar-refractivity contribution in [3.8, 4) is 5.69 Å². The molecule has 2 heteroatoms. The number of hydrogen-bond acceptors (Lipinski definition) is 1. The average molecular weight is 661 g/mol. The molecule has 0 N–H and O–H groups in total. The topological polar surface area (TPSA) is 8.17 Å². The van der Waals surface area contributed by atoms with Crippen molar-refractivity contribution in [1.29, 1.82) is 0 Å². The van der Waals surface area contributed by atoms with Crippen molar-refractivity contribution in [2.24, 2.45) is 0 Å². The largest absolute Gasteiger partial charge is 0.309 e. The van der Waals surface area contributed by atoms with Gasteiger partial charge in [0.25, 0.3) is 0 Å². The standard InChI is InChI=1S/C50H32N2/c1-2-16-37(17-3-1)51-46-23-11-10-21-42(46)44-32-38(29-30-47(44)51)52(45-24-12-15-33-13-4-6-18-39(33)45)48-31-36-28-27-35-26-25-34-14-5-7-19-40(34)49(35)50(36)43-22-9-8-20-41(43)48/h1-32H. The van der Waals surface area contributed by atoms with E-state index in [4.69, 9.17) is 0 Å². The number of benzene rings is 10. The summed E-state index contributed by atoms with van der Waals surface area (Å²) in [5.74, 6) is 0. The van der Waals surface area contributed by atoms with Gasteiger partial charge in [-0.1, -0.05) is 146 Å². The van der Waals surface area contributed by atoms with E-state index >= 15 is 0 Å². The molecule has 0 unspecified atom stereocenters. The summed E-state index contributed by atoms with van der Waals surface area (Å²) in [6.07, 6.45) is 0. The lowest BCUT2D eigenvalue weighted by molar-refractivity contribution is 1.18. The molecular weight excluding hydrogens is 629 g/mol. The SMILES string of the molecule is c1ccc(-n2c3ccccc3c3cc(N(c4cccc5ccccc45)c4cc5ccc6ccc7ccccc7c6c5c5ccccc45)ccc32)cc1. The minimum absolute atomic E-state index is 1.12. The monoisotopic (exact) mass is 660 g/mol. The summed E-state index contributed by atoms with van der Waals surface area (Å²) in [5, 5.41) is 15.0. The predicted molar refractivity (Wildman–Crippen MR) is 223 cm³/mol. The van der Waals surface area contributed by atoms with Crippen molar-refractivity contribution < 1.29 is 0 Å². The van der Waals surface area contributed by atoms with Crippen LogP contribution in [0.25, 0.3) is 81.4 Å². The molecule has 0 radical (unpaired) electrons. The number of anilines is 3. The third-order valence-electron chi connectivity index (χ3n) is 10.9. The molecule has 0 bridgehead atoms. The van der Waals surface area contributed by atoms with Crippen molar-refractivity contribution in [2.75, 3.05) is 4.90 Å². The van der Waals surface area contributed by atoms with Gasteiger partial charge in [0.05, 0.1) is 22.4 Å². The quantitative estimate of drug-likeness (QED) is 0.171. The molecule has 1 aromatic heterocycles. The number of fused-ring (bicyclic) bond motifs is 11. The van der Waals surface area contributed by atoms with Gasteiger partial charge in [0.2, 0.25) is 0 Å². The Labute approximate surface area is 301 Å². The molecule has 10 aromatic carbocycles. The van der Waals surface area contributed by atoms with E-state index in [-0.39, 0.29) is 0 Å². The van der Waals surface area contributed by atoms with Crippen molar-refractivity contribution in [3.63, 3.8) is 0 Å². The van der Waals surface area contributed by atoms with E-state index in [2.05, 4.69) is 204 Å². The Morgan fingerprint density at radius 3 is 1.71 bits per heavy atom. The van der Waals surface area contributed by atoms with E-state index in [1.54, 1.807) is 0 Å². The number of aromatic nitrogens is 1. The number of nitrogens with zero attached hydrogens (tertiary/aromatic N) is 2. The van der Waals surface area contributed by atoms with Crippen LogP contribution >= 0.6 is 0 Å². The molecule has 11 rings (SSSR count). The zero-order chi connectivity index (χ0) is 34.2. The summed E-state index contributed by atoms with van der Waals surface area (Å²) in [4.78, 5) is 2.49. The molecule has 1 heterocycles. The highest BCUT2D eigenvalue weighted by Gasteiger charge is 2.22. The van der Waals surface area contributed by atoms with Crippen LogP contribution in [0.5, 0.6) is 0 Å². The van der Waals surface area contributed by atoms with Gasteiger partial charge in [-0.25, -0.2) is 0 Å². The van der Waals surface area contributed by atoms with Crippen LogP contribution in [0.3, 0.4) is 0 Å². The van der Waals surface area contributed by atoms with Crippen LogP contribution in [0, 0.1) is 0 Å². The van der Waals surface area contributed by atoms with Gasteiger partial charge in [0.15, 0.2) is 0 Å². The number of para-hydroxylation sites is 2. The lowest BCUT2D eigenvalue weighted by Gasteiger charge is -2.29. The summed E-state index contributed by atoms with van der Waals surface area (Å²) >= 11 is 0. The Bertz CT molecular complexity index is 3180. The highest BCUT2D eigenvalue weighted by molar-refractivity contribution is 6.29. The molecule has 0 amide bonds. The zero-order valence-corrected chi connectivity index (χ0v) is 28.4. The van der Waals surface area contributed by atoms with E-state index in [0.29, 0.717) is 0 Å². The highest BCUT2D eigenvalue weighted by atomic mass is 15.1. The Morgan fingerprint density at radius 2 is 0.885 bits per heavy atom. The van der Waals surface area contributed by atoms with Crippen LogP contribution in [0.2, 0.25) is 0 Å². The van der Waals surface area contributed by atoms with E-state index in [1.165, 1.54) is 75.7 Å². The van der Waals surface area contributed by atoms with Gasteiger partial charge < -0.3 is 9.47 Å². The predicted octanol–water partition coefficient (Wildman–Crippen LogP) is 14.0. The van der Waals surface area contributed by atoms with Gasteiger partial charge in [-0.05, 0) is 91.6 Å². The normalized spacial score (nSPS) is 11.8. The molecule has 0 fully saturated rings. The second kappa shape index (κ2) is 11.3. The van der Waals surface area contributed by atoms with Crippen LogP contribution in [0.4, 0.5) is 17.1 Å². The fourth-order valence-electron chi connectivity index (χ4n) is 8.62. The molecule has 0 aliphatic heterocycles. The molecule has 0 aliphatic carbocycles. The van der Waals surface area contributed by atoms with Crippen molar-refractivity contribution in [2.45, 2.75) is 0 Å². The van der Waals surface area contributed by atoms with Crippen LogP contribution in [0.1, 0.15) is 0 Å². The first kappa shape index (κ1) is 28.9. The molecule has 242 valence electrons. The zero-order valence-electron chi connectivity index (χ0n) is 28.4. The van der Waals surface area contributed by atoms with Gasteiger partial charge in [-0.2, -0.15) is 0 Å². The van der Waals surface area contributed by atoms with Gasteiger partial charge in [-0.15, -0.1) is 0 Å². The Balaban J connectivity index is 1.26. The molecule has 0 aliphatic rings. The number of rotatable bonds is 4. The number of hydrogen-bond donors (Lipinski definition) is 0. The first-order valence-corrected chi connectivity index (χ1v) is 17.9. The van der Waals surface area contributed by atoms with Crippen LogP contribution in [-0.2, 0) is 0 Å². The van der Waals surface area contributed by atoms with Crippen LogP contribution in [0.15, 0.2) is 194 Å². The summed E-state index contributed by atoms with van der Waals surface area (Å²) in [5.41, 5.74) is 6.98. The van der Waals surface area contributed by atoms with Crippen molar-refractivity contribution >= 4 is 92.7 Å². The van der Waals surface area contributed by atoms with Crippen LogP contribution in [-0.4, -0.2) is 4.57 Å². The minimum atomic E-state index is 1.12. The maximum atomic E-state index is 2.49. The second-order valence-corrected chi connectivity index (χ2v) is 13.7. The Hall–Kier alpha value is -6.90. The maximum absolute atomic E-state index is 2.49. The highest BCUT2D eigenvalue weighted by Crippen LogP contribution is 2.47. The molecule has 0 saturated carbocycles. The lowest BCUT2D eigenvalue weighted by Crippen LogP contribution is -2.11. The Kier molecular flexibility index (Phi) is 6.28. The average Bonchev–Trinajstić information content (AvgIpc) is 3.55. The molecule has 0 saturated heterocycles. The van der Waals surface area contributed by atoms with E-state index in [1.807, 2.05) is 0 Å². The van der Waals surface area contributed by atoms with Crippen LogP contribution < -0.4 is 4.90 Å². The van der Waals surface area contributed by atoms with E-state index in [0.717, 1.165) is 22.7 Å². The lowest BCUT2D eigenvalue weighted by atomic mass is 9.91. The summed E-state index contributed by atoms with van der Waals surface area (Å²) < 4.78 is 2.39. The third-order valence-corrected chi connectivity index (χ3v) is 10.9. The van der Waals surface area contributed by atoms with Crippen molar-refractivity contribution in [1.82, 2.24) is 4.57 Å². The second-order valence-electron chi connectivity index (χ2n) is 13.7. The molecule has 2 nitrogen and oxygen atoms in total. The molecule has 0 spiro atoms. The van der Waals surface area contributed by atoms with Gasteiger partial charge in [-0.3, -0.25) is 0 Å². The fourth-order valence-corrected chi connectivity index (χ4v) is 8.62. The Morgan fingerprint density at radius 1 is 0.308 bits per heavy atom. The molecule has 11 aromatic rings. The van der Waals surface area contributed by atoms with Gasteiger partial charge in [0.1, 0.15) is 0 Å². The molecule has 0 atom stereocenters. The maximum Gasteiger partial charge on any atom is 0.0546 e. The first-order chi connectivity index (χ1) is 25.8. The molecular formula is C50H32N2. The van der Waals surface area contributed by atoms with E-state index < -0.39 is 0 Å². The fraction of sp³-hybridized carbons (Fsp3) is 0. The summed E-state index contributed by atoms with van der Waals surface area (Å²) in [6.45, 7) is 0.